The van der Waals surface area contributed by atoms with E-state index in [1.807, 2.05) is 0 Å². The molecule has 0 aliphatic heterocycles. The molecule has 0 heterocycles. The van der Waals surface area contributed by atoms with Crippen LogP contribution in [0.1, 0.15) is 48.5 Å². The number of rotatable bonds is 4. The van der Waals surface area contributed by atoms with Gasteiger partial charge in [-0.15, -0.1) is 0 Å². The minimum atomic E-state index is -0.598. The molecule has 1 saturated carbocycles. The third-order valence-electron chi connectivity index (χ3n) is 4.70. The number of likely N-dealkylation sites (N-methyl/N-ethyl adjacent to an activating group) is 1. The van der Waals surface area contributed by atoms with Gasteiger partial charge in [-0.1, -0.05) is 13.0 Å². The van der Waals surface area contributed by atoms with E-state index in [1.165, 1.54) is 6.07 Å². The molecule has 1 fully saturated rings. The molecule has 23 heavy (non-hydrogen) atoms. The third kappa shape index (κ3) is 4.47. The Morgan fingerprint density at radius 2 is 1.91 bits per heavy atom. The minimum absolute atomic E-state index is 0.0409. The van der Waals surface area contributed by atoms with Crippen LogP contribution in [0.25, 0.3) is 0 Å². The summed E-state index contributed by atoms with van der Waals surface area (Å²) in [7, 11) is 1.77. The Hall–Kier alpha value is -2.04. The van der Waals surface area contributed by atoms with Crippen molar-refractivity contribution in [1.29, 1.82) is 0 Å². The summed E-state index contributed by atoms with van der Waals surface area (Å²) in [6, 6.07) is 4.81. The molecule has 1 amide bonds. The van der Waals surface area contributed by atoms with Crippen LogP contribution in [0, 0.1) is 12.8 Å². The molecule has 2 rings (SSSR count). The number of hydrogen-bond acceptors (Lipinski definition) is 4. The van der Waals surface area contributed by atoms with E-state index in [1.54, 1.807) is 31.0 Å². The fourth-order valence-electron chi connectivity index (χ4n) is 2.88. The van der Waals surface area contributed by atoms with E-state index in [0.29, 0.717) is 5.56 Å². The van der Waals surface area contributed by atoms with E-state index < -0.39 is 5.97 Å². The van der Waals surface area contributed by atoms with Gasteiger partial charge in [0.05, 0.1) is 5.56 Å². The van der Waals surface area contributed by atoms with Crippen LogP contribution in [0.4, 0.5) is 0 Å². The number of aromatic hydroxyl groups is 1. The van der Waals surface area contributed by atoms with Crippen molar-refractivity contribution in [3.05, 3.63) is 29.3 Å². The topological polar surface area (TPSA) is 66.8 Å². The molecule has 1 aromatic carbocycles. The Labute approximate surface area is 137 Å². The molecule has 0 aromatic heterocycles. The number of carbonyl (C=O) groups is 2. The maximum Gasteiger partial charge on any atom is 0.338 e. The second kappa shape index (κ2) is 7.49. The van der Waals surface area contributed by atoms with Gasteiger partial charge in [-0.3, -0.25) is 4.79 Å². The molecule has 1 aliphatic rings. The predicted molar refractivity (Wildman–Crippen MR) is 87.3 cm³/mol. The molecule has 0 unspecified atom stereocenters. The number of benzene rings is 1. The summed E-state index contributed by atoms with van der Waals surface area (Å²) in [5, 5.41) is 9.62. The van der Waals surface area contributed by atoms with Crippen molar-refractivity contribution in [2.24, 2.45) is 5.92 Å². The largest absolute Gasteiger partial charge is 0.508 e. The van der Waals surface area contributed by atoms with E-state index in [4.69, 9.17) is 4.74 Å². The SMILES string of the molecule is Cc1ccc(C(=O)OCC(=O)N(C)C2CCC(C)CC2)cc1O. The third-order valence-corrected chi connectivity index (χ3v) is 4.70. The number of phenols is 1. The summed E-state index contributed by atoms with van der Waals surface area (Å²) in [6.07, 6.45) is 4.27. The van der Waals surface area contributed by atoms with Crippen molar-refractivity contribution in [3.63, 3.8) is 0 Å². The van der Waals surface area contributed by atoms with Gasteiger partial charge in [0, 0.05) is 13.1 Å². The molecule has 0 spiro atoms. The first-order valence-electron chi connectivity index (χ1n) is 8.11. The van der Waals surface area contributed by atoms with Crippen LogP contribution in [-0.4, -0.2) is 41.6 Å². The highest BCUT2D eigenvalue weighted by atomic mass is 16.5. The van der Waals surface area contributed by atoms with Gasteiger partial charge in [0.15, 0.2) is 6.61 Å². The smallest absolute Gasteiger partial charge is 0.338 e. The van der Waals surface area contributed by atoms with Gasteiger partial charge >= 0.3 is 5.97 Å². The lowest BCUT2D eigenvalue weighted by Crippen LogP contribution is -2.41. The van der Waals surface area contributed by atoms with Crippen molar-refractivity contribution in [2.75, 3.05) is 13.7 Å². The molecule has 0 bridgehead atoms. The lowest BCUT2D eigenvalue weighted by atomic mass is 9.87. The zero-order chi connectivity index (χ0) is 17.0. The molecule has 1 aromatic rings. The van der Waals surface area contributed by atoms with E-state index in [2.05, 4.69) is 6.92 Å². The summed E-state index contributed by atoms with van der Waals surface area (Å²) < 4.78 is 5.08. The number of carbonyl (C=O) groups excluding carboxylic acids is 2. The van der Waals surface area contributed by atoms with Crippen LogP contribution >= 0.6 is 0 Å². The maximum absolute atomic E-state index is 12.2. The first-order chi connectivity index (χ1) is 10.9. The first-order valence-corrected chi connectivity index (χ1v) is 8.11. The Kier molecular flexibility index (Phi) is 5.64. The average Bonchev–Trinajstić information content (AvgIpc) is 2.54. The standard InChI is InChI=1S/C18H25NO4/c1-12-4-8-15(9-5-12)19(3)17(21)11-23-18(22)14-7-6-13(2)16(20)10-14/h6-7,10,12,15,20H,4-5,8-9,11H2,1-3H3. The lowest BCUT2D eigenvalue weighted by Gasteiger charge is -2.33. The highest BCUT2D eigenvalue weighted by Gasteiger charge is 2.25. The predicted octanol–water partition coefficient (Wildman–Crippen LogP) is 2.89. The molecule has 1 aliphatic carbocycles. The molecule has 126 valence electrons. The van der Waals surface area contributed by atoms with Crippen LogP contribution in [0.5, 0.6) is 5.75 Å². The van der Waals surface area contributed by atoms with Gasteiger partial charge in [0.25, 0.3) is 5.91 Å². The number of phenolic OH excluding ortho intramolecular Hbond substituents is 1. The minimum Gasteiger partial charge on any atom is -0.508 e. The molecular weight excluding hydrogens is 294 g/mol. The average molecular weight is 319 g/mol. The molecule has 0 saturated heterocycles. The van der Waals surface area contributed by atoms with Gasteiger partial charge < -0.3 is 14.7 Å². The van der Waals surface area contributed by atoms with E-state index >= 15 is 0 Å². The van der Waals surface area contributed by atoms with Crippen LogP contribution in [0.2, 0.25) is 0 Å². The van der Waals surface area contributed by atoms with Gasteiger partial charge in [-0.2, -0.15) is 0 Å². The maximum atomic E-state index is 12.2. The van der Waals surface area contributed by atoms with Gasteiger partial charge in [-0.05, 0) is 56.2 Å². The number of esters is 1. The summed E-state index contributed by atoms with van der Waals surface area (Å²) in [5.74, 6) is -0.0189. The van der Waals surface area contributed by atoms with Crippen molar-refractivity contribution in [3.8, 4) is 5.75 Å². The Balaban J connectivity index is 1.85. The molecule has 5 nitrogen and oxygen atoms in total. The molecular formula is C18H25NO4. The quantitative estimate of drug-likeness (QED) is 0.867. The van der Waals surface area contributed by atoms with E-state index in [0.717, 1.165) is 31.6 Å². The summed E-state index contributed by atoms with van der Waals surface area (Å²) in [6.45, 7) is 3.71. The molecule has 0 atom stereocenters. The highest BCUT2D eigenvalue weighted by Crippen LogP contribution is 2.26. The molecule has 0 radical (unpaired) electrons. The van der Waals surface area contributed by atoms with Gasteiger partial charge in [-0.25, -0.2) is 4.79 Å². The summed E-state index contributed by atoms with van der Waals surface area (Å²) >= 11 is 0. The van der Waals surface area contributed by atoms with Gasteiger partial charge in [0.1, 0.15) is 5.75 Å². The summed E-state index contributed by atoms with van der Waals surface area (Å²) in [4.78, 5) is 25.8. The highest BCUT2D eigenvalue weighted by molar-refractivity contribution is 5.91. The van der Waals surface area contributed by atoms with Crippen molar-refractivity contribution < 1.29 is 19.4 Å². The number of amides is 1. The van der Waals surface area contributed by atoms with Crippen molar-refractivity contribution in [1.82, 2.24) is 4.90 Å². The van der Waals surface area contributed by atoms with E-state index in [-0.39, 0.29) is 29.9 Å². The Morgan fingerprint density at radius 1 is 1.26 bits per heavy atom. The first kappa shape index (κ1) is 17.3. The van der Waals surface area contributed by atoms with Crippen molar-refractivity contribution >= 4 is 11.9 Å². The zero-order valence-corrected chi connectivity index (χ0v) is 14.0. The van der Waals surface area contributed by atoms with Crippen LogP contribution < -0.4 is 0 Å². The number of nitrogens with zero attached hydrogens (tertiary/aromatic N) is 1. The molecule has 5 heteroatoms. The lowest BCUT2D eigenvalue weighted by molar-refractivity contribution is -0.136. The number of hydrogen-bond donors (Lipinski definition) is 1. The number of aryl methyl sites for hydroxylation is 1. The van der Waals surface area contributed by atoms with Gasteiger partial charge in [0.2, 0.25) is 0 Å². The monoisotopic (exact) mass is 319 g/mol. The second-order valence-electron chi connectivity index (χ2n) is 6.50. The van der Waals surface area contributed by atoms with Crippen LogP contribution in [0.3, 0.4) is 0 Å². The number of ether oxygens (including phenoxy) is 1. The second-order valence-corrected chi connectivity index (χ2v) is 6.50. The Morgan fingerprint density at radius 3 is 2.52 bits per heavy atom. The fraction of sp³-hybridized carbons (Fsp3) is 0.556. The normalized spacial score (nSPS) is 20.8. The van der Waals surface area contributed by atoms with Crippen LogP contribution in [0.15, 0.2) is 18.2 Å². The Bertz CT molecular complexity index is 576. The van der Waals surface area contributed by atoms with E-state index in [9.17, 15) is 14.7 Å². The van der Waals surface area contributed by atoms with Crippen molar-refractivity contribution in [2.45, 2.75) is 45.6 Å². The van der Waals surface area contributed by atoms with Crippen LogP contribution in [-0.2, 0) is 9.53 Å². The molecule has 1 N–H and O–H groups in total. The fourth-order valence-corrected chi connectivity index (χ4v) is 2.88. The summed E-state index contributed by atoms with van der Waals surface area (Å²) in [5.41, 5.74) is 0.930. The zero-order valence-electron chi connectivity index (χ0n) is 14.0.